The van der Waals surface area contributed by atoms with E-state index in [9.17, 15) is 31.1 Å². The van der Waals surface area contributed by atoms with Crippen molar-refractivity contribution in [2.45, 2.75) is 46.1 Å². The van der Waals surface area contributed by atoms with E-state index in [2.05, 4.69) is 15.5 Å². The molecule has 0 unspecified atom stereocenters. The number of carbonyl (C=O) groups excluding carboxylic acids is 1. The lowest BCUT2D eigenvalue weighted by Crippen LogP contribution is -2.49. The first-order valence-electron chi connectivity index (χ1n) is 11.9. The highest BCUT2D eigenvalue weighted by molar-refractivity contribution is 5.95. The third-order valence-electron chi connectivity index (χ3n) is 6.65. The van der Waals surface area contributed by atoms with Crippen LogP contribution in [-0.2, 0) is 6.54 Å². The molecule has 0 bridgehead atoms. The van der Waals surface area contributed by atoms with Gasteiger partial charge in [0, 0.05) is 42.3 Å². The molecule has 1 aromatic carbocycles. The van der Waals surface area contributed by atoms with Crippen molar-refractivity contribution in [3.8, 4) is 11.1 Å². The summed E-state index contributed by atoms with van der Waals surface area (Å²) in [5.41, 5.74) is 3.62. The molecule has 0 radical (unpaired) electrons. The Morgan fingerprint density at radius 3 is 2.16 bits per heavy atom. The highest BCUT2D eigenvalue weighted by Gasteiger charge is 2.51. The zero-order valence-corrected chi connectivity index (χ0v) is 20.9. The van der Waals surface area contributed by atoms with Gasteiger partial charge in [-0.1, -0.05) is 17.3 Å². The van der Waals surface area contributed by atoms with Gasteiger partial charge in [0.25, 0.3) is 5.91 Å². The summed E-state index contributed by atoms with van der Waals surface area (Å²) < 4.78 is 87.1. The second kappa shape index (κ2) is 10.3. The standard InChI is InChI=1S/C26H26F6N4O2/c1-14-7-18(8-15(2)34-14)23-17(10-33-24(37)21-13-38-35-16(21)3)5-4-6-22(23)36-11-19(25(27,28)29)9-20(12-36)26(30,31)32/h4-8,13,19-20H,9-12H2,1-3H3,(H,33,37)/t19-,20+. The minimum Gasteiger partial charge on any atom is -0.370 e. The molecule has 1 fully saturated rings. The van der Waals surface area contributed by atoms with E-state index in [1.807, 2.05) is 0 Å². The van der Waals surface area contributed by atoms with Gasteiger partial charge in [-0.15, -0.1) is 0 Å². The Labute approximate surface area is 215 Å². The molecule has 1 aliphatic heterocycles. The Balaban J connectivity index is 1.79. The molecule has 0 aliphatic carbocycles. The largest absolute Gasteiger partial charge is 0.393 e. The van der Waals surface area contributed by atoms with Gasteiger partial charge in [0.2, 0.25) is 0 Å². The number of halogens is 6. The van der Waals surface area contributed by atoms with Crippen molar-refractivity contribution >= 4 is 11.6 Å². The number of benzene rings is 1. The fourth-order valence-corrected chi connectivity index (χ4v) is 4.86. The summed E-state index contributed by atoms with van der Waals surface area (Å²) in [6.07, 6.45) is -9.39. The van der Waals surface area contributed by atoms with Gasteiger partial charge in [0.1, 0.15) is 11.8 Å². The highest BCUT2D eigenvalue weighted by atomic mass is 19.4. The number of alkyl halides is 6. The van der Waals surface area contributed by atoms with Crippen molar-refractivity contribution in [3.63, 3.8) is 0 Å². The number of nitrogens with one attached hydrogen (secondary N) is 1. The average Bonchev–Trinajstić information content (AvgIpc) is 3.26. The molecule has 1 N–H and O–H groups in total. The van der Waals surface area contributed by atoms with Crippen molar-refractivity contribution in [2.75, 3.05) is 18.0 Å². The molecule has 2 atom stereocenters. The van der Waals surface area contributed by atoms with Crippen LogP contribution >= 0.6 is 0 Å². The zero-order chi connectivity index (χ0) is 27.8. The summed E-state index contributed by atoms with van der Waals surface area (Å²) in [6.45, 7) is 3.83. The van der Waals surface area contributed by atoms with Crippen LogP contribution in [0.5, 0.6) is 0 Å². The average molecular weight is 541 g/mol. The molecule has 6 nitrogen and oxygen atoms in total. The number of carbonyl (C=O) groups is 1. The van der Waals surface area contributed by atoms with Gasteiger partial charge in [-0.25, -0.2) is 0 Å². The molecule has 0 saturated carbocycles. The molecule has 3 aromatic rings. The predicted octanol–water partition coefficient (Wildman–Crippen LogP) is 6.16. The SMILES string of the molecule is Cc1cc(-c2c(CNC(=O)c3conc3C)cccc2N2C[C@H](C(F)(F)F)C[C@H](C(F)(F)F)C2)cc(C)n1. The highest BCUT2D eigenvalue weighted by Crippen LogP contribution is 2.45. The zero-order valence-electron chi connectivity index (χ0n) is 20.9. The lowest BCUT2D eigenvalue weighted by Gasteiger charge is -2.41. The number of piperidine rings is 1. The van der Waals surface area contributed by atoms with Gasteiger partial charge in [0.15, 0.2) is 0 Å². The monoisotopic (exact) mass is 540 g/mol. The van der Waals surface area contributed by atoms with E-state index in [0.717, 1.165) is 4.90 Å². The Morgan fingerprint density at radius 1 is 1.03 bits per heavy atom. The first-order valence-corrected chi connectivity index (χ1v) is 11.9. The van der Waals surface area contributed by atoms with Gasteiger partial charge in [-0.2, -0.15) is 26.3 Å². The number of hydrogen-bond acceptors (Lipinski definition) is 5. The topological polar surface area (TPSA) is 71.3 Å². The predicted molar refractivity (Wildman–Crippen MR) is 127 cm³/mol. The van der Waals surface area contributed by atoms with Gasteiger partial charge < -0.3 is 14.7 Å². The van der Waals surface area contributed by atoms with E-state index in [1.54, 1.807) is 45.0 Å². The van der Waals surface area contributed by atoms with Crippen LogP contribution in [0.25, 0.3) is 11.1 Å². The third-order valence-corrected chi connectivity index (χ3v) is 6.65. The Kier molecular flexibility index (Phi) is 7.44. The summed E-state index contributed by atoms with van der Waals surface area (Å²) >= 11 is 0. The van der Waals surface area contributed by atoms with E-state index < -0.39 is 49.6 Å². The summed E-state index contributed by atoms with van der Waals surface area (Å²) in [6, 6.07) is 8.19. The van der Waals surface area contributed by atoms with Gasteiger partial charge in [0.05, 0.1) is 17.5 Å². The van der Waals surface area contributed by atoms with Crippen molar-refractivity contribution in [3.05, 3.63) is 64.8 Å². The molecule has 12 heteroatoms. The fraction of sp³-hybridized carbons (Fsp3) is 0.423. The van der Waals surface area contributed by atoms with E-state index in [0.29, 0.717) is 33.8 Å². The summed E-state index contributed by atoms with van der Waals surface area (Å²) in [7, 11) is 0. The van der Waals surface area contributed by atoms with Crippen molar-refractivity contribution < 1.29 is 35.7 Å². The fourth-order valence-electron chi connectivity index (χ4n) is 4.86. The number of pyridine rings is 1. The second-order valence-corrected chi connectivity index (χ2v) is 9.56. The van der Waals surface area contributed by atoms with Crippen molar-refractivity contribution in [2.24, 2.45) is 11.8 Å². The van der Waals surface area contributed by atoms with Gasteiger partial charge >= 0.3 is 12.4 Å². The number of anilines is 1. The lowest BCUT2D eigenvalue weighted by molar-refractivity contribution is -0.214. The molecule has 3 heterocycles. The van der Waals surface area contributed by atoms with Crippen molar-refractivity contribution in [1.82, 2.24) is 15.5 Å². The maximum atomic E-state index is 13.7. The number of rotatable bonds is 5. The minimum atomic E-state index is -4.78. The van der Waals surface area contributed by atoms with Crippen LogP contribution < -0.4 is 10.2 Å². The minimum absolute atomic E-state index is 0.0354. The van der Waals surface area contributed by atoms with E-state index in [-0.39, 0.29) is 17.8 Å². The lowest BCUT2D eigenvalue weighted by atomic mass is 9.86. The molecule has 2 aromatic heterocycles. The molecule has 1 aliphatic rings. The van der Waals surface area contributed by atoms with Crippen LogP contribution in [0.3, 0.4) is 0 Å². The van der Waals surface area contributed by atoms with E-state index in [1.165, 1.54) is 12.3 Å². The maximum absolute atomic E-state index is 13.7. The van der Waals surface area contributed by atoms with Gasteiger partial charge in [-0.05, 0) is 56.5 Å². The smallest absolute Gasteiger partial charge is 0.370 e. The molecule has 4 rings (SSSR count). The number of amides is 1. The molecule has 1 amide bonds. The van der Waals surface area contributed by atoms with Crippen LogP contribution in [0.1, 0.15) is 39.4 Å². The molecule has 204 valence electrons. The quantitative estimate of drug-likeness (QED) is 0.393. The summed E-state index contributed by atoms with van der Waals surface area (Å²) in [4.78, 5) is 18.2. The summed E-state index contributed by atoms with van der Waals surface area (Å²) in [5, 5.41) is 6.42. The van der Waals surface area contributed by atoms with E-state index >= 15 is 0 Å². The Hall–Kier alpha value is -3.57. The van der Waals surface area contributed by atoms with Crippen LogP contribution in [0.2, 0.25) is 0 Å². The Morgan fingerprint density at radius 2 is 1.63 bits per heavy atom. The first kappa shape index (κ1) is 27.5. The number of aromatic nitrogens is 2. The van der Waals surface area contributed by atoms with E-state index in [4.69, 9.17) is 4.52 Å². The molecule has 0 spiro atoms. The number of aryl methyl sites for hydroxylation is 3. The molecule has 1 saturated heterocycles. The molecular formula is C26H26F6N4O2. The van der Waals surface area contributed by atoms with Crippen LogP contribution in [0, 0.1) is 32.6 Å². The molecular weight excluding hydrogens is 514 g/mol. The van der Waals surface area contributed by atoms with Crippen LogP contribution in [0.4, 0.5) is 32.0 Å². The van der Waals surface area contributed by atoms with Crippen LogP contribution in [0.15, 0.2) is 41.1 Å². The number of nitrogens with zero attached hydrogens (tertiary/aromatic N) is 3. The second-order valence-electron chi connectivity index (χ2n) is 9.56. The maximum Gasteiger partial charge on any atom is 0.393 e. The first-order chi connectivity index (χ1) is 17.7. The normalized spacial score (nSPS) is 18.5. The van der Waals surface area contributed by atoms with Crippen molar-refractivity contribution in [1.29, 1.82) is 0 Å². The summed E-state index contributed by atoms with van der Waals surface area (Å²) in [5.74, 6) is -4.76. The number of hydrogen-bond donors (Lipinski definition) is 1. The van der Waals surface area contributed by atoms with Crippen LogP contribution in [-0.4, -0.2) is 41.5 Å². The Bertz CT molecular complexity index is 1280. The van der Waals surface area contributed by atoms with Gasteiger partial charge in [-0.3, -0.25) is 9.78 Å². The third kappa shape index (κ3) is 5.94. The molecule has 38 heavy (non-hydrogen) atoms.